The van der Waals surface area contributed by atoms with E-state index in [-0.39, 0.29) is 11.5 Å². The molecular weight excluding hydrogens is 215 g/mol. The van der Waals surface area contributed by atoms with E-state index in [1.807, 2.05) is 0 Å². The van der Waals surface area contributed by atoms with Crippen LogP contribution in [0, 0.1) is 12.8 Å². The van der Waals surface area contributed by atoms with Gasteiger partial charge >= 0.3 is 6.18 Å². The van der Waals surface area contributed by atoms with Gasteiger partial charge in [0.25, 0.3) is 0 Å². The molecule has 0 aliphatic heterocycles. The summed E-state index contributed by atoms with van der Waals surface area (Å²) in [7, 11) is 0. The Morgan fingerprint density at radius 3 is 2.56 bits per heavy atom. The van der Waals surface area contributed by atoms with Crippen LogP contribution in [0.5, 0.6) is 0 Å². The molecule has 1 saturated carbocycles. The fourth-order valence-corrected chi connectivity index (χ4v) is 2.09. The van der Waals surface area contributed by atoms with E-state index in [1.54, 1.807) is 12.1 Å². The molecule has 88 valence electrons. The fraction of sp³-hybridized carbons (Fsp3) is 0.500. The van der Waals surface area contributed by atoms with Crippen LogP contribution in [0.15, 0.2) is 18.2 Å². The maximum Gasteiger partial charge on any atom is 0.416 e. The molecule has 0 aromatic heterocycles. The van der Waals surface area contributed by atoms with Crippen LogP contribution in [0.4, 0.5) is 13.2 Å². The molecule has 0 amide bonds. The van der Waals surface area contributed by atoms with Gasteiger partial charge in [-0.05, 0) is 48.9 Å². The van der Waals surface area contributed by atoms with Gasteiger partial charge in [0.15, 0.2) is 0 Å². The smallest absolute Gasteiger partial charge is 0.330 e. The summed E-state index contributed by atoms with van der Waals surface area (Å²) in [6.07, 6.45) is -3.34. The topological polar surface area (TPSA) is 26.0 Å². The second kappa shape index (κ2) is 3.77. The summed E-state index contributed by atoms with van der Waals surface area (Å²) >= 11 is 0. The molecule has 2 rings (SSSR count). The molecule has 0 radical (unpaired) electrons. The highest BCUT2D eigenvalue weighted by Crippen LogP contribution is 2.47. The predicted octanol–water partition coefficient (Wildman–Crippen LogP) is 3.08. The van der Waals surface area contributed by atoms with Crippen molar-refractivity contribution in [3.8, 4) is 0 Å². The van der Waals surface area contributed by atoms with Gasteiger partial charge in [-0.15, -0.1) is 0 Å². The standard InChI is InChI=1S/C12H14F3N/c1-7-2-3-8(10-4-9(10)6-16)5-11(7)12(13,14)15/h2-3,5,9-10H,4,6,16H2,1H3/t9-,10-/m0/s1. The first-order valence-electron chi connectivity index (χ1n) is 5.31. The van der Waals surface area contributed by atoms with Crippen LogP contribution in [0.1, 0.15) is 29.0 Å². The Hall–Kier alpha value is -1.03. The van der Waals surface area contributed by atoms with E-state index < -0.39 is 11.7 Å². The van der Waals surface area contributed by atoms with Crippen LogP contribution in [0.25, 0.3) is 0 Å². The van der Waals surface area contributed by atoms with Crippen molar-refractivity contribution >= 4 is 0 Å². The van der Waals surface area contributed by atoms with E-state index in [0.717, 1.165) is 12.0 Å². The number of halogens is 3. The molecule has 1 aromatic rings. The lowest BCUT2D eigenvalue weighted by molar-refractivity contribution is -0.138. The number of aryl methyl sites for hydroxylation is 1. The molecule has 1 aliphatic carbocycles. The molecule has 0 spiro atoms. The highest BCUT2D eigenvalue weighted by molar-refractivity contribution is 5.37. The summed E-state index contributed by atoms with van der Waals surface area (Å²) in [6.45, 7) is 2.04. The van der Waals surface area contributed by atoms with Crippen molar-refractivity contribution in [2.45, 2.75) is 25.4 Å². The average Bonchev–Trinajstić information content (AvgIpc) is 2.96. The third-order valence-corrected chi connectivity index (χ3v) is 3.22. The van der Waals surface area contributed by atoms with Gasteiger partial charge in [-0.1, -0.05) is 12.1 Å². The quantitative estimate of drug-likeness (QED) is 0.828. The highest BCUT2D eigenvalue weighted by atomic mass is 19.4. The molecule has 1 nitrogen and oxygen atoms in total. The predicted molar refractivity (Wildman–Crippen MR) is 56.1 cm³/mol. The summed E-state index contributed by atoms with van der Waals surface area (Å²) in [6, 6.07) is 4.60. The van der Waals surface area contributed by atoms with Gasteiger partial charge in [0.05, 0.1) is 5.56 Å². The second-order valence-corrected chi connectivity index (χ2v) is 4.41. The van der Waals surface area contributed by atoms with Gasteiger partial charge in [-0.2, -0.15) is 13.2 Å². The van der Waals surface area contributed by atoms with E-state index in [9.17, 15) is 13.2 Å². The van der Waals surface area contributed by atoms with Crippen LogP contribution in [-0.2, 0) is 6.18 Å². The number of nitrogens with two attached hydrogens (primary N) is 1. The van der Waals surface area contributed by atoms with Crippen molar-refractivity contribution in [2.75, 3.05) is 6.54 Å². The summed E-state index contributed by atoms with van der Waals surface area (Å²) in [5.41, 5.74) is 6.02. The maximum atomic E-state index is 12.7. The molecule has 0 heterocycles. The Labute approximate surface area is 92.5 Å². The lowest BCUT2D eigenvalue weighted by Crippen LogP contribution is -2.08. The molecule has 16 heavy (non-hydrogen) atoms. The number of hydrogen-bond donors (Lipinski definition) is 1. The SMILES string of the molecule is Cc1ccc([C@@H]2C[C@H]2CN)cc1C(F)(F)F. The van der Waals surface area contributed by atoms with Crippen LogP contribution < -0.4 is 5.73 Å². The van der Waals surface area contributed by atoms with Gasteiger partial charge in [0.1, 0.15) is 0 Å². The van der Waals surface area contributed by atoms with Crippen molar-refractivity contribution in [3.63, 3.8) is 0 Å². The second-order valence-electron chi connectivity index (χ2n) is 4.41. The number of hydrogen-bond acceptors (Lipinski definition) is 1. The highest BCUT2D eigenvalue weighted by Gasteiger charge is 2.39. The van der Waals surface area contributed by atoms with Crippen molar-refractivity contribution in [2.24, 2.45) is 11.7 Å². The largest absolute Gasteiger partial charge is 0.416 e. The molecule has 1 fully saturated rings. The molecule has 1 aliphatic rings. The normalized spacial score (nSPS) is 24.6. The number of rotatable bonds is 2. The zero-order valence-electron chi connectivity index (χ0n) is 9.01. The molecular formula is C12H14F3N. The van der Waals surface area contributed by atoms with Crippen molar-refractivity contribution in [1.29, 1.82) is 0 Å². The maximum absolute atomic E-state index is 12.7. The zero-order chi connectivity index (χ0) is 11.9. The van der Waals surface area contributed by atoms with Crippen LogP contribution >= 0.6 is 0 Å². The minimum atomic E-state index is -4.26. The lowest BCUT2D eigenvalue weighted by atomic mass is 10.0. The average molecular weight is 229 g/mol. The van der Waals surface area contributed by atoms with Crippen LogP contribution in [-0.4, -0.2) is 6.54 Å². The minimum Gasteiger partial charge on any atom is -0.330 e. The van der Waals surface area contributed by atoms with Crippen molar-refractivity contribution in [1.82, 2.24) is 0 Å². The summed E-state index contributed by atoms with van der Waals surface area (Å²) < 4.78 is 38.0. The Kier molecular flexibility index (Phi) is 2.70. The Bertz CT molecular complexity index is 398. The third-order valence-electron chi connectivity index (χ3n) is 3.22. The first-order chi connectivity index (χ1) is 7.43. The third kappa shape index (κ3) is 2.07. The van der Waals surface area contributed by atoms with Crippen LogP contribution in [0.3, 0.4) is 0 Å². The van der Waals surface area contributed by atoms with E-state index in [1.165, 1.54) is 13.0 Å². The molecule has 0 bridgehead atoms. The van der Waals surface area contributed by atoms with Gasteiger partial charge in [0.2, 0.25) is 0 Å². The van der Waals surface area contributed by atoms with Gasteiger partial charge in [-0.3, -0.25) is 0 Å². The minimum absolute atomic E-state index is 0.228. The van der Waals surface area contributed by atoms with E-state index in [4.69, 9.17) is 5.73 Å². The molecule has 1 aromatic carbocycles. The lowest BCUT2D eigenvalue weighted by Gasteiger charge is -2.12. The molecule has 0 saturated heterocycles. The first-order valence-corrected chi connectivity index (χ1v) is 5.31. The van der Waals surface area contributed by atoms with Crippen molar-refractivity contribution < 1.29 is 13.2 Å². The molecule has 2 atom stereocenters. The van der Waals surface area contributed by atoms with Crippen molar-refractivity contribution in [3.05, 3.63) is 34.9 Å². The van der Waals surface area contributed by atoms with Crippen LogP contribution in [0.2, 0.25) is 0 Å². The summed E-state index contributed by atoms with van der Waals surface area (Å²) in [5.74, 6) is 0.593. The molecule has 4 heteroatoms. The summed E-state index contributed by atoms with van der Waals surface area (Å²) in [4.78, 5) is 0. The first kappa shape index (κ1) is 11.5. The Morgan fingerprint density at radius 2 is 2.06 bits per heavy atom. The monoisotopic (exact) mass is 229 g/mol. The Morgan fingerprint density at radius 1 is 1.38 bits per heavy atom. The summed E-state index contributed by atoms with van der Waals surface area (Å²) in [5, 5.41) is 0. The van der Waals surface area contributed by atoms with Gasteiger partial charge in [-0.25, -0.2) is 0 Å². The van der Waals surface area contributed by atoms with Gasteiger partial charge in [0, 0.05) is 0 Å². The zero-order valence-corrected chi connectivity index (χ0v) is 9.01. The molecule has 0 unspecified atom stereocenters. The molecule has 2 N–H and O–H groups in total. The van der Waals surface area contributed by atoms with E-state index >= 15 is 0 Å². The van der Waals surface area contributed by atoms with Gasteiger partial charge < -0.3 is 5.73 Å². The Balaban J connectivity index is 2.30. The number of benzene rings is 1. The van der Waals surface area contributed by atoms with E-state index in [0.29, 0.717) is 12.5 Å². The number of alkyl halides is 3. The fourth-order valence-electron chi connectivity index (χ4n) is 2.09. The van der Waals surface area contributed by atoms with E-state index in [2.05, 4.69) is 0 Å².